The number of aryl methyl sites for hydroxylation is 1. The Morgan fingerprint density at radius 2 is 0.900 bits per heavy atom. The monoisotopic (exact) mass is 408 g/mol. The first-order chi connectivity index (χ1) is 14.7. The van der Waals surface area contributed by atoms with Crippen LogP contribution in [0.5, 0.6) is 0 Å². The van der Waals surface area contributed by atoms with Crippen molar-refractivity contribution >= 4 is 0 Å². The molecule has 168 valence electrons. The first kappa shape index (κ1) is 22.4. The van der Waals surface area contributed by atoms with Crippen molar-refractivity contribution in [3.05, 3.63) is 35.4 Å². The zero-order chi connectivity index (χ0) is 20.8. The molecule has 0 aliphatic heterocycles. The standard InChI is InChI=1S/C30H48/c1-3-24-8-10-26(11-9-24)21-28-16-18-30(19-17-28)22-29-14-12-27(13-15-29)20-25-6-4-23(2)5-7-25/h4-7,24,26-30H,3,8-22H2,1-2H3. The summed E-state index contributed by atoms with van der Waals surface area (Å²) < 4.78 is 0. The molecule has 0 nitrogen and oxygen atoms in total. The zero-order valence-electron chi connectivity index (χ0n) is 20.1. The van der Waals surface area contributed by atoms with Crippen molar-refractivity contribution in [1.29, 1.82) is 0 Å². The Kier molecular flexibility index (Phi) is 8.36. The molecule has 0 unspecified atom stereocenters. The van der Waals surface area contributed by atoms with Crippen molar-refractivity contribution in [1.82, 2.24) is 0 Å². The van der Waals surface area contributed by atoms with Gasteiger partial charge in [0, 0.05) is 0 Å². The minimum absolute atomic E-state index is 0.947. The van der Waals surface area contributed by atoms with E-state index in [0.29, 0.717) is 0 Å². The highest BCUT2D eigenvalue weighted by Gasteiger charge is 2.29. The molecule has 1 aromatic rings. The Hall–Kier alpha value is -0.780. The van der Waals surface area contributed by atoms with Crippen molar-refractivity contribution in [2.24, 2.45) is 35.5 Å². The summed E-state index contributed by atoms with van der Waals surface area (Å²) in [4.78, 5) is 0. The maximum absolute atomic E-state index is 2.39. The van der Waals surface area contributed by atoms with Crippen LogP contribution in [0.1, 0.15) is 114 Å². The summed E-state index contributed by atoms with van der Waals surface area (Å²) in [5.41, 5.74) is 2.95. The van der Waals surface area contributed by atoms with Gasteiger partial charge in [0.15, 0.2) is 0 Å². The second-order valence-electron chi connectivity index (χ2n) is 11.7. The maximum Gasteiger partial charge on any atom is -0.0250 e. The van der Waals surface area contributed by atoms with Gasteiger partial charge >= 0.3 is 0 Å². The molecule has 0 bridgehead atoms. The summed E-state index contributed by atoms with van der Waals surface area (Å²) in [7, 11) is 0. The van der Waals surface area contributed by atoms with E-state index in [4.69, 9.17) is 0 Å². The fourth-order valence-corrected chi connectivity index (χ4v) is 7.25. The topological polar surface area (TPSA) is 0 Å². The van der Waals surface area contributed by atoms with E-state index in [1.54, 1.807) is 56.9 Å². The maximum atomic E-state index is 2.39. The van der Waals surface area contributed by atoms with Crippen LogP contribution in [0.3, 0.4) is 0 Å². The van der Waals surface area contributed by atoms with Gasteiger partial charge < -0.3 is 0 Å². The number of hydrogen-bond acceptors (Lipinski definition) is 0. The Morgan fingerprint density at radius 1 is 0.533 bits per heavy atom. The largest absolute Gasteiger partial charge is 0.0651 e. The fraction of sp³-hybridized carbons (Fsp3) is 0.800. The van der Waals surface area contributed by atoms with E-state index in [9.17, 15) is 0 Å². The SMILES string of the molecule is CCC1CCC(CC2CCC(CC3CCC(Cc4ccc(C)cc4)CC3)CC2)CC1. The molecule has 0 radical (unpaired) electrons. The van der Waals surface area contributed by atoms with E-state index in [1.165, 1.54) is 56.9 Å². The third-order valence-electron chi connectivity index (χ3n) is 9.45. The molecule has 1 aromatic carbocycles. The molecule has 0 heteroatoms. The van der Waals surface area contributed by atoms with E-state index in [2.05, 4.69) is 38.1 Å². The molecule has 0 amide bonds. The van der Waals surface area contributed by atoms with Crippen molar-refractivity contribution in [3.63, 3.8) is 0 Å². The highest BCUT2D eigenvalue weighted by atomic mass is 14.3. The van der Waals surface area contributed by atoms with Gasteiger partial charge in [-0.2, -0.15) is 0 Å². The van der Waals surface area contributed by atoms with Crippen LogP contribution in [0.15, 0.2) is 24.3 Å². The van der Waals surface area contributed by atoms with E-state index >= 15 is 0 Å². The van der Waals surface area contributed by atoms with Crippen LogP contribution in [0.4, 0.5) is 0 Å². The van der Waals surface area contributed by atoms with Gasteiger partial charge in [0.1, 0.15) is 0 Å². The minimum Gasteiger partial charge on any atom is -0.0651 e. The van der Waals surface area contributed by atoms with Gasteiger partial charge in [0.05, 0.1) is 0 Å². The van der Waals surface area contributed by atoms with Crippen LogP contribution < -0.4 is 0 Å². The van der Waals surface area contributed by atoms with E-state index < -0.39 is 0 Å². The average Bonchev–Trinajstić information content (AvgIpc) is 2.78. The molecule has 0 spiro atoms. The van der Waals surface area contributed by atoms with Crippen molar-refractivity contribution < 1.29 is 0 Å². The van der Waals surface area contributed by atoms with Gasteiger partial charge in [0.2, 0.25) is 0 Å². The van der Waals surface area contributed by atoms with Crippen LogP contribution in [0.2, 0.25) is 0 Å². The lowest BCUT2D eigenvalue weighted by atomic mass is 9.70. The molecular weight excluding hydrogens is 360 g/mol. The number of benzene rings is 1. The van der Waals surface area contributed by atoms with Crippen LogP contribution in [0, 0.1) is 42.4 Å². The lowest BCUT2D eigenvalue weighted by Crippen LogP contribution is -2.23. The van der Waals surface area contributed by atoms with Gasteiger partial charge in [-0.1, -0.05) is 107 Å². The molecule has 30 heavy (non-hydrogen) atoms. The van der Waals surface area contributed by atoms with Crippen LogP contribution in [-0.4, -0.2) is 0 Å². The van der Waals surface area contributed by atoms with E-state index in [-0.39, 0.29) is 0 Å². The molecule has 3 fully saturated rings. The Bertz CT molecular complexity index is 589. The fourth-order valence-electron chi connectivity index (χ4n) is 7.25. The number of hydrogen-bond donors (Lipinski definition) is 0. The smallest absolute Gasteiger partial charge is 0.0250 e. The summed E-state index contributed by atoms with van der Waals surface area (Å²) in [6.45, 7) is 4.59. The van der Waals surface area contributed by atoms with Gasteiger partial charge in [-0.15, -0.1) is 0 Å². The quantitative estimate of drug-likeness (QED) is 0.422. The van der Waals surface area contributed by atoms with Crippen molar-refractivity contribution in [2.75, 3.05) is 0 Å². The van der Waals surface area contributed by atoms with E-state index in [1.807, 2.05) is 0 Å². The molecule has 0 aromatic heterocycles. The molecular formula is C30H48. The summed E-state index contributed by atoms with van der Waals surface area (Å²) in [6, 6.07) is 9.28. The van der Waals surface area contributed by atoms with Gasteiger partial charge in [-0.25, -0.2) is 0 Å². The van der Waals surface area contributed by atoms with Gasteiger partial charge in [-0.05, 0) is 80.1 Å². The molecule has 0 atom stereocenters. The number of rotatable bonds is 7. The van der Waals surface area contributed by atoms with E-state index in [0.717, 1.165) is 35.5 Å². The Labute approximate surface area is 187 Å². The lowest BCUT2D eigenvalue weighted by Gasteiger charge is -2.36. The molecule has 0 saturated heterocycles. The molecule has 3 saturated carbocycles. The van der Waals surface area contributed by atoms with Gasteiger partial charge in [0.25, 0.3) is 0 Å². The molecule has 4 rings (SSSR count). The first-order valence-electron chi connectivity index (χ1n) is 13.7. The molecule has 0 heterocycles. The summed E-state index contributed by atoms with van der Waals surface area (Å²) in [6.07, 6.45) is 24.2. The van der Waals surface area contributed by atoms with Gasteiger partial charge in [-0.3, -0.25) is 0 Å². The summed E-state index contributed by atoms with van der Waals surface area (Å²) in [5, 5.41) is 0. The summed E-state index contributed by atoms with van der Waals surface area (Å²) in [5.74, 6) is 6.28. The third-order valence-corrected chi connectivity index (χ3v) is 9.45. The summed E-state index contributed by atoms with van der Waals surface area (Å²) >= 11 is 0. The predicted molar refractivity (Wildman–Crippen MR) is 131 cm³/mol. The zero-order valence-corrected chi connectivity index (χ0v) is 20.1. The highest BCUT2D eigenvalue weighted by molar-refractivity contribution is 5.21. The minimum atomic E-state index is 0.947. The normalized spacial score (nSPS) is 35.3. The van der Waals surface area contributed by atoms with Crippen molar-refractivity contribution in [3.8, 4) is 0 Å². The predicted octanol–water partition coefficient (Wildman–Crippen LogP) is 9.15. The molecule has 3 aliphatic rings. The van der Waals surface area contributed by atoms with Crippen LogP contribution in [0.25, 0.3) is 0 Å². The third kappa shape index (κ3) is 6.61. The lowest BCUT2D eigenvalue weighted by molar-refractivity contribution is 0.163. The van der Waals surface area contributed by atoms with Crippen molar-refractivity contribution in [2.45, 2.75) is 117 Å². The first-order valence-corrected chi connectivity index (χ1v) is 13.7. The molecule has 0 N–H and O–H groups in total. The highest BCUT2D eigenvalue weighted by Crippen LogP contribution is 2.42. The Morgan fingerprint density at radius 3 is 1.30 bits per heavy atom. The Balaban J connectivity index is 1.10. The molecule has 3 aliphatic carbocycles. The van der Waals surface area contributed by atoms with Crippen LogP contribution >= 0.6 is 0 Å². The van der Waals surface area contributed by atoms with Crippen LogP contribution in [-0.2, 0) is 6.42 Å². The average molecular weight is 409 g/mol. The second-order valence-corrected chi connectivity index (χ2v) is 11.7. The second kappa shape index (κ2) is 11.2.